The summed E-state index contributed by atoms with van der Waals surface area (Å²) in [6.07, 6.45) is 5.77. The molecule has 0 saturated heterocycles. The van der Waals surface area contributed by atoms with Crippen LogP contribution in [0.2, 0.25) is 0 Å². The van der Waals surface area contributed by atoms with Crippen molar-refractivity contribution in [1.29, 1.82) is 5.26 Å². The number of nitrogens with two attached hydrogens (primary N) is 1. The Hall–Kier alpha value is -3.17. The lowest BCUT2D eigenvalue weighted by Gasteiger charge is -2.07. The topological polar surface area (TPSA) is 98.0 Å². The second-order valence-corrected chi connectivity index (χ2v) is 7.30. The van der Waals surface area contributed by atoms with Crippen LogP contribution >= 0.6 is 0 Å². The minimum Gasteiger partial charge on any atom is -0.492 e. The van der Waals surface area contributed by atoms with E-state index in [1.807, 2.05) is 32.0 Å². The highest BCUT2D eigenvalue weighted by Gasteiger charge is 2.23. The number of ether oxygens (including phenoxy) is 1. The number of hydrogen-bond donors (Lipinski definition) is 1. The Bertz CT molecular complexity index is 1050. The predicted octanol–water partition coefficient (Wildman–Crippen LogP) is 5.15. The lowest BCUT2D eigenvalue weighted by molar-refractivity contribution is 0.299. The second kappa shape index (κ2) is 10.7. The Morgan fingerprint density at radius 3 is 2.71 bits per heavy atom. The van der Waals surface area contributed by atoms with Gasteiger partial charge in [-0.15, -0.1) is 0 Å². The molecular weight excluding hydrogens is 388 g/mol. The molecule has 2 N–H and O–H groups in total. The first-order chi connectivity index (χ1) is 15.3. The van der Waals surface area contributed by atoms with Crippen LogP contribution in [0.4, 0.5) is 0 Å². The smallest absolute Gasteiger partial charge is 0.258 e. The van der Waals surface area contributed by atoms with E-state index in [0.29, 0.717) is 35.6 Å². The van der Waals surface area contributed by atoms with Gasteiger partial charge in [-0.1, -0.05) is 37.2 Å². The minimum absolute atomic E-state index is 0.422. The molecule has 2 aromatic carbocycles. The summed E-state index contributed by atoms with van der Waals surface area (Å²) in [4.78, 5) is 4.59. The number of rotatable bonds is 5. The van der Waals surface area contributed by atoms with Gasteiger partial charge in [-0.25, -0.2) is 0 Å². The van der Waals surface area contributed by atoms with Gasteiger partial charge in [0.25, 0.3) is 5.89 Å². The third kappa shape index (κ3) is 5.12. The molecule has 0 unspecified atom stereocenters. The standard InChI is InChI=1S/C22H19N3O2.C2H6.CH5N/c23-12-17-11-16(9-10-20(17)26-13-14-7-8-14)22-24-21(25-27-22)19-6-2-4-15-3-1-5-18(15)19;2*1-2/h2,4,6,9-11,14H,1,3,5,7-8,13H2;1-2H3;2H2,1H3. The van der Waals surface area contributed by atoms with E-state index in [9.17, 15) is 5.26 Å². The summed E-state index contributed by atoms with van der Waals surface area (Å²) >= 11 is 0. The van der Waals surface area contributed by atoms with Crippen LogP contribution in [-0.2, 0) is 12.8 Å². The second-order valence-electron chi connectivity index (χ2n) is 7.30. The van der Waals surface area contributed by atoms with E-state index in [2.05, 4.69) is 34.1 Å². The zero-order chi connectivity index (χ0) is 22.2. The molecule has 2 aliphatic carbocycles. The van der Waals surface area contributed by atoms with Crippen LogP contribution in [-0.4, -0.2) is 23.8 Å². The molecule has 6 nitrogen and oxygen atoms in total. The van der Waals surface area contributed by atoms with Crippen molar-refractivity contribution in [3.63, 3.8) is 0 Å². The molecule has 3 aromatic rings. The highest BCUT2D eigenvalue weighted by molar-refractivity contribution is 5.66. The summed E-state index contributed by atoms with van der Waals surface area (Å²) in [5, 5.41) is 13.6. The molecule has 2 aliphatic rings. The fraction of sp³-hybridized carbons (Fsp3) is 0.400. The molecule has 1 heterocycles. The van der Waals surface area contributed by atoms with Crippen molar-refractivity contribution in [2.45, 2.75) is 46.0 Å². The Labute approximate surface area is 184 Å². The van der Waals surface area contributed by atoms with Gasteiger partial charge < -0.3 is 15.0 Å². The molecule has 162 valence electrons. The normalized spacial score (nSPS) is 13.8. The fourth-order valence-electron chi connectivity index (χ4n) is 3.65. The zero-order valence-electron chi connectivity index (χ0n) is 18.5. The number of benzene rings is 2. The van der Waals surface area contributed by atoms with Crippen molar-refractivity contribution < 1.29 is 9.26 Å². The number of aromatic nitrogens is 2. The highest BCUT2D eigenvalue weighted by Crippen LogP contribution is 2.34. The summed E-state index contributed by atoms with van der Waals surface area (Å²) in [5.74, 6) is 2.29. The number of nitrogens with zero attached hydrogens (tertiary/aromatic N) is 3. The highest BCUT2D eigenvalue weighted by atomic mass is 16.5. The maximum atomic E-state index is 9.46. The molecule has 0 bridgehead atoms. The van der Waals surface area contributed by atoms with Crippen LogP contribution < -0.4 is 10.5 Å². The lowest BCUT2D eigenvalue weighted by atomic mass is 10.0. The summed E-state index contributed by atoms with van der Waals surface area (Å²) < 4.78 is 11.3. The minimum atomic E-state index is 0.422. The summed E-state index contributed by atoms with van der Waals surface area (Å²) in [5.41, 5.74) is 9.48. The van der Waals surface area contributed by atoms with Crippen LogP contribution in [0.5, 0.6) is 5.75 Å². The molecule has 0 aliphatic heterocycles. The molecule has 0 radical (unpaired) electrons. The van der Waals surface area contributed by atoms with E-state index in [4.69, 9.17) is 9.26 Å². The number of hydrogen-bond acceptors (Lipinski definition) is 6. The first kappa shape index (κ1) is 22.5. The van der Waals surface area contributed by atoms with E-state index in [-0.39, 0.29) is 0 Å². The van der Waals surface area contributed by atoms with E-state index in [1.54, 1.807) is 6.07 Å². The number of aryl methyl sites for hydroxylation is 1. The Kier molecular flexibility index (Phi) is 7.80. The molecule has 0 spiro atoms. The molecule has 1 fully saturated rings. The summed E-state index contributed by atoms with van der Waals surface area (Å²) in [6, 6.07) is 13.9. The lowest BCUT2D eigenvalue weighted by Crippen LogP contribution is -2.00. The van der Waals surface area contributed by atoms with Crippen LogP contribution in [0.3, 0.4) is 0 Å². The molecular formula is C25H30N4O2. The Morgan fingerprint density at radius 2 is 1.97 bits per heavy atom. The average molecular weight is 419 g/mol. The van der Waals surface area contributed by atoms with Gasteiger partial charge in [-0.05, 0) is 74.4 Å². The van der Waals surface area contributed by atoms with Crippen LogP contribution in [0.1, 0.15) is 49.8 Å². The van der Waals surface area contributed by atoms with Crippen molar-refractivity contribution >= 4 is 0 Å². The predicted molar refractivity (Wildman–Crippen MR) is 122 cm³/mol. The quantitative estimate of drug-likeness (QED) is 0.615. The van der Waals surface area contributed by atoms with E-state index in [0.717, 1.165) is 24.0 Å². The molecule has 1 saturated carbocycles. The first-order valence-corrected chi connectivity index (χ1v) is 11.0. The molecule has 31 heavy (non-hydrogen) atoms. The van der Waals surface area contributed by atoms with Crippen molar-refractivity contribution in [3.8, 4) is 34.7 Å². The van der Waals surface area contributed by atoms with Gasteiger partial charge in [0.1, 0.15) is 11.8 Å². The monoisotopic (exact) mass is 418 g/mol. The van der Waals surface area contributed by atoms with Crippen LogP contribution in [0.25, 0.3) is 22.8 Å². The van der Waals surface area contributed by atoms with Gasteiger partial charge in [-0.2, -0.15) is 10.2 Å². The van der Waals surface area contributed by atoms with Crippen molar-refractivity contribution in [3.05, 3.63) is 53.1 Å². The van der Waals surface area contributed by atoms with Gasteiger partial charge in [0, 0.05) is 11.1 Å². The summed E-state index contributed by atoms with van der Waals surface area (Å²) in [6.45, 7) is 4.68. The SMILES string of the molecule is CC.CN.N#Cc1cc(-c2nc(-c3cccc4c3CCC4)no2)ccc1OCC1CC1. The third-order valence-electron chi connectivity index (χ3n) is 5.33. The van der Waals surface area contributed by atoms with Gasteiger partial charge in [0.05, 0.1) is 12.2 Å². The molecule has 0 atom stereocenters. The van der Waals surface area contributed by atoms with Gasteiger partial charge in [0.2, 0.25) is 5.82 Å². The Balaban J connectivity index is 0.000000645. The largest absolute Gasteiger partial charge is 0.492 e. The van der Waals surface area contributed by atoms with E-state index < -0.39 is 0 Å². The fourth-order valence-corrected chi connectivity index (χ4v) is 3.65. The van der Waals surface area contributed by atoms with E-state index in [1.165, 1.54) is 37.4 Å². The third-order valence-corrected chi connectivity index (χ3v) is 5.33. The van der Waals surface area contributed by atoms with Gasteiger partial charge in [-0.3, -0.25) is 0 Å². The maximum Gasteiger partial charge on any atom is 0.258 e. The van der Waals surface area contributed by atoms with Crippen molar-refractivity contribution in [1.82, 2.24) is 10.1 Å². The molecule has 5 rings (SSSR count). The van der Waals surface area contributed by atoms with Gasteiger partial charge >= 0.3 is 0 Å². The van der Waals surface area contributed by atoms with Crippen molar-refractivity contribution in [2.24, 2.45) is 11.7 Å². The maximum absolute atomic E-state index is 9.46. The molecule has 1 aromatic heterocycles. The summed E-state index contributed by atoms with van der Waals surface area (Å²) in [7, 11) is 1.50. The number of fused-ring (bicyclic) bond motifs is 1. The average Bonchev–Trinajstić information content (AvgIpc) is 3.32. The first-order valence-electron chi connectivity index (χ1n) is 11.0. The van der Waals surface area contributed by atoms with Gasteiger partial charge in [0.15, 0.2) is 0 Å². The Morgan fingerprint density at radius 1 is 1.16 bits per heavy atom. The van der Waals surface area contributed by atoms with Crippen molar-refractivity contribution in [2.75, 3.05) is 13.7 Å². The zero-order valence-corrected chi connectivity index (χ0v) is 18.5. The molecule has 6 heteroatoms. The number of nitriles is 1. The van der Waals surface area contributed by atoms with E-state index >= 15 is 0 Å². The van der Waals surface area contributed by atoms with Crippen LogP contribution in [0.15, 0.2) is 40.9 Å². The molecule has 0 amide bonds. The van der Waals surface area contributed by atoms with Crippen LogP contribution in [0, 0.1) is 17.2 Å².